The summed E-state index contributed by atoms with van der Waals surface area (Å²) in [5.41, 5.74) is 0. The van der Waals surface area contributed by atoms with Crippen molar-refractivity contribution in [3.63, 3.8) is 0 Å². The summed E-state index contributed by atoms with van der Waals surface area (Å²) < 4.78 is 6.76. The van der Waals surface area contributed by atoms with Gasteiger partial charge in [0.05, 0.1) is 19.7 Å². The number of hydrogen-bond acceptors (Lipinski definition) is 6. The van der Waals surface area contributed by atoms with Crippen LogP contribution in [-0.2, 0) is 22.6 Å². The minimum Gasteiger partial charge on any atom is -0.465 e. The van der Waals surface area contributed by atoms with Crippen molar-refractivity contribution in [2.75, 3.05) is 19.7 Å². The second-order valence-corrected chi connectivity index (χ2v) is 4.33. The predicted octanol–water partition coefficient (Wildman–Crippen LogP) is 0.858. The Morgan fingerprint density at radius 3 is 2.74 bits per heavy atom. The Hall–Kier alpha value is -1.50. The Kier molecular flexibility index (Phi) is 7.02. The number of rotatable bonds is 9. The van der Waals surface area contributed by atoms with E-state index in [1.165, 1.54) is 0 Å². The summed E-state index contributed by atoms with van der Waals surface area (Å²) in [6.45, 7) is 8.83. The van der Waals surface area contributed by atoms with Crippen molar-refractivity contribution in [2.45, 2.75) is 46.7 Å². The van der Waals surface area contributed by atoms with Crippen LogP contribution < -0.4 is 0 Å². The van der Waals surface area contributed by atoms with Gasteiger partial charge in [0.15, 0.2) is 5.82 Å². The normalized spacial score (nSPS) is 10.9. The lowest BCUT2D eigenvalue weighted by atomic mass is 10.3. The van der Waals surface area contributed by atoms with Gasteiger partial charge in [0, 0.05) is 6.54 Å². The van der Waals surface area contributed by atoms with Crippen LogP contribution in [0.4, 0.5) is 0 Å². The molecule has 108 valence electrons. The van der Waals surface area contributed by atoms with Crippen molar-refractivity contribution in [3.05, 3.63) is 5.82 Å². The van der Waals surface area contributed by atoms with E-state index in [1.54, 1.807) is 4.68 Å². The standard InChI is InChI=1S/C12H23N5O2/c1-4-7-16(10-12(18)19-6-3)9-11-13-14-15-17(11)8-5-2/h4-10H2,1-3H3. The van der Waals surface area contributed by atoms with Gasteiger partial charge in [-0.25, -0.2) is 4.68 Å². The average Bonchev–Trinajstić information content (AvgIpc) is 2.78. The first-order chi connectivity index (χ1) is 9.21. The molecule has 19 heavy (non-hydrogen) atoms. The van der Waals surface area contributed by atoms with E-state index >= 15 is 0 Å². The van der Waals surface area contributed by atoms with Gasteiger partial charge in [-0.2, -0.15) is 0 Å². The fraction of sp³-hybridized carbons (Fsp3) is 0.833. The van der Waals surface area contributed by atoms with Crippen molar-refractivity contribution in [3.8, 4) is 0 Å². The molecule has 1 rings (SSSR count). The Morgan fingerprint density at radius 2 is 2.11 bits per heavy atom. The fourth-order valence-corrected chi connectivity index (χ4v) is 1.84. The number of esters is 1. The molecule has 7 nitrogen and oxygen atoms in total. The van der Waals surface area contributed by atoms with E-state index in [0.29, 0.717) is 13.2 Å². The molecule has 0 aromatic carbocycles. The maximum Gasteiger partial charge on any atom is 0.320 e. The number of carbonyl (C=O) groups excluding carboxylic acids is 1. The van der Waals surface area contributed by atoms with Crippen LogP contribution in [-0.4, -0.2) is 50.8 Å². The largest absolute Gasteiger partial charge is 0.465 e. The summed E-state index contributed by atoms with van der Waals surface area (Å²) in [4.78, 5) is 13.6. The summed E-state index contributed by atoms with van der Waals surface area (Å²) in [6.07, 6.45) is 1.94. The second kappa shape index (κ2) is 8.58. The van der Waals surface area contributed by atoms with E-state index in [-0.39, 0.29) is 12.5 Å². The monoisotopic (exact) mass is 269 g/mol. The van der Waals surface area contributed by atoms with Gasteiger partial charge < -0.3 is 4.74 Å². The third-order valence-corrected chi connectivity index (χ3v) is 2.60. The summed E-state index contributed by atoms with van der Waals surface area (Å²) in [7, 11) is 0. The lowest BCUT2D eigenvalue weighted by Crippen LogP contribution is -2.32. The Morgan fingerprint density at radius 1 is 1.32 bits per heavy atom. The zero-order valence-electron chi connectivity index (χ0n) is 12.0. The van der Waals surface area contributed by atoms with Crippen molar-refractivity contribution < 1.29 is 9.53 Å². The molecule has 0 saturated carbocycles. The van der Waals surface area contributed by atoms with Gasteiger partial charge in [0.2, 0.25) is 0 Å². The summed E-state index contributed by atoms with van der Waals surface area (Å²) in [6, 6.07) is 0. The first-order valence-electron chi connectivity index (χ1n) is 6.84. The maximum absolute atomic E-state index is 11.5. The van der Waals surface area contributed by atoms with Crippen LogP contribution in [0.2, 0.25) is 0 Å². The molecule has 0 N–H and O–H groups in total. The minimum atomic E-state index is -0.203. The third kappa shape index (κ3) is 5.34. The van der Waals surface area contributed by atoms with Crippen LogP contribution in [0.3, 0.4) is 0 Å². The van der Waals surface area contributed by atoms with Gasteiger partial charge in [-0.05, 0) is 36.7 Å². The first kappa shape index (κ1) is 15.6. The predicted molar refractivity (Wildman–Crippen MR) is 70.3 cm³/mol. The second-order valence-electron chi connectivity index (χ2n) is 4.33. The van der Waals surface area contributed by atoms with Gasteiger partial charge in [-0.3, -0.25) is 9.69 Å². The maximum atomic E-state index is 11.5. The zero-order chi connectivity index (χ0) is 14.1. The summed E-state index contributed by atoms with van der Waals surface area (Å²) >= 11 is 0. The first-order valence-corrected chi connectivity index (χ1v) is 6.84. The SMILES string of the molecule is CCCN(CC(=O)OCC)Cc1nnnn1CCC. The molecular formula is C12H23N5O2. The molecule has 0 atom stereocenters. The number of nitrogens with zero attached hydrogens (tertiary/aromatic N) is 5. The van der Waals surface area contributed by atoms with Gasteiger partial charge in [-0.15, -0.1) is 5.10 Å². The minimum absolute atomic E-state index is 0.203. The van der Waals surface area contributed by atoms with Gasteiger partial charge in [-0.1, -0.05) is 13.8 Å². The Balaban J connectivity index is 2.61. The quantitative estimate of drug-likeness (QED) is 0.619. The van der Waals surface area contributed by atoms with Gasteiger partial charge in [0.1, 0.15) is 0 Å². The van der Waals surface area contributed by atoms with Crippen LogP contribution in [0.1, 0.15) is 39.4 Å². The van der Waals surface area contributed by atoms with Crippen molar-refractivity contribution in [1.29, 1.82) is 0 Å². The van der Waals surface area contributed by atoms with Crippen LogP contribution in [0, 0.1) is 0 Å². The van der Waals surface area contributed by atoms with Crippen LogP contribution in [0.5, 0.6) is 0 Å². The molecule has 0 amide bonds. The molecule has 0 aliphatic heterocycles. The number of ether oxygens (including phenoxy) is 1. The van der Waals surface area contributed by atoms with E-state index in [4.69, 9.17) is 4.74 Å². The number of aromatic nitrogens is 4. The van der Waals surface area contributed by atoms with Crippen LogP contribution in [0.25, 0.3) is 0 Å². The number of aryl methyl sites for hydroxylation is 1. The van der Waals surface area contributed by atoms with E-state index in [0.717, 1.165) is 31.8 Å². The zero-order valence-corrected chi connectivity index (χ0v) is 12.0. The highest BCUT2D eigenvalue weighted by atomic mass is 16.5. The molecule has 0 unspecified atom stereocenters. The molecule has 1 aromatic rings. The molecule has 0 fully saturated rings. The van der Waals surface area contributed by atoms with E-state index in [1.807, 2.05) is 11.8 Å². The number of hydrogen-bond donors (Lipinski definition) is 0. The van der Waals surface area contributed by atoms with E-state index in [9.17, 15) is 4.79 Å². The average molecular weight is 269 g/mol. The van der Waals surface area contributed by atoms with Gasteiger partial charge >= 0.3 is 5.97 Å². The highest BCUT2D eigenvalue weighted by Gasteiger charge is 2.15. The summed E-state index contributed by atoms with van der Waals surface area (Å²) in [5, 5.41) is 11.7. The number of tetrazole rings is 1. The van der Waals surface area contributed by atoms with Crippen molar-refractivity contribution in [2.24, 2.45) is 0 Å². The van der Waals surface area contributed by atoms with Crippen molar-refractivity contribution >= 4 is 5.97 Å². The lowest BCUT2D eigenvalue weighted by Gasteiger charge is -2.19. The molecule has 0 bridgehead atoms. The Bertz CT molecular complexity index is 380. The highest BCUT2D eigenvalue weighted by Crippen LogP contribution is 2.03. The molecular weight excluding hydrogens is 246 g/mol. The van der Waals surface area contributed by atoms with E-state index in [2.05, 4.69) is 29.4 Å². The Labute approximate surface area is 113 Å². The molecule has 0 aliphatic rings. The molecule has 7 heteroatoms. The summed E-state index contributed by atoms with van der Waals surface area (Å²) in [5.74, 6) is 0.588. The van der Waals surface area contributed by atoms with E-state index < -0.39 is 0 Å². The smallest absolute Gasteiger partial charge is 0.320 e. The van der Waals surface area contributed by atoms with Crippen molar-refractivity contribution in [1.82, 2.24) is 25.1 Å². The molecule has 0 spiro atoms. The highest BCUT2D eigenvalue weighted by molar-refractivity contribution is 5.71. The fourth-order valence-electron chi connectivity index (χ4n) is 1.84. The van der Waals surface area contributed by atoms with Crippen LogP contribution >= 0.6 is 0 Å². The van der Waals surface area contributed by atoms with Gasteiger partial charge in [0.25, 0.3) is 0 Å². The molecule has 1 aromatic heterocycles. The van der Waals surface area contributed by atoms with Crippen LogP contribution in [0.15, 0.2) is 0 Å². The topological polar surface area (TPSA) is 73.1 Å². The number of carbonyl (C=O) groups is 1. The molecule has 0 aliphatic carbocycles. The third-order valence-electron chi connectivity index (χ3n) is 2.60. The lowest BCUT2D eigenvalue weighted by molar-refractivity contribution is -0.144. The molecule has 1 heterocycles. The molecule has 0 saturated heterocycles. The molecule has 0 radical (unpaired) electrons.